The molecule has 1 aliphatic heterocycles. The molecule has 3 heterocycles. The van der Waals surface area contributed by atoms with Crippen LogP contribution in [0, 0.1) is 6.92 Å². The molecule has 1 aliphatic rings. The molecule has 0 saturated carbocycles. The molecule has 1 aromatic carbocycles. The highest BCUT2D eigenvalue weighted by atomic mass is 16.5. The van der Waals surface area contributed by atoms with Crippen LogP contribution >= 0.6 is 0 Å². The Balaban J connectivity index is 1.37. The summed E-state index contributed by atoms with van der Waals surface area (Å²) in [6.07, 6.45) is 4.57. The van der Waals surface area contributed by atoms with Gasteiger partial charge in [-0.1, -0.05) is 12.1 Å². The van der Waals surface area contributed by atoms with Gasteiger partial charge in [0.05, 0.1) is 17.2 Å². The monoisotopic (exact) mass is 379 g/mol. The van der Waals surface area contributed by atoms with Crippen LogP contribution in [0.25, 0.3) is 10.9 Å². The van der Waals surface area contributed by atoms with Gasteiger partial charge in [-0.2, -0.15) is 4.98 Å². The number of amides is 1. The van der Waals surface area contributed by atoms with Crippen LogP contribution in [0.1, 0.15) is 18.7 Å². The molecule has 0 unspecified atom stereocenters. The van der Waals surface area contributed by atoms with Gasteiger partial charge >= 0.3 is 0 Å². The van der Waals surface area contributed by atoms with Crippen LogP contribution in [-0.4, -0.2) is 49.5 Å². The number of piperidine rings is 1. The molecule has 1 fully saturated rings. The van der Waals surface area contributed by atoms with E-state index < -0.39 is 0 Å². The number of aryl methyl sites for hydroxylation is 1. The standard InChI is InChI=1S/C20H21N5O3/c1-14-21-9-6-18(23-14)28-15-7-10-24(11-8-15)19(26)12-25-13-22-17-5-3-2-4-16(17)20(25)27/h2-6,9,13,15H,7-8,10-12H2,1H3. The summed E-state index contributed by atoms with van der Waals surface area (Å²) >= 11 is 0. The van der Waals surface area contributed by atoms with Crippen molar-refractivity contribution in [2.24, 2.45) is 0 Å². The lowest BCUT2D eigenvalue weighted by Gasteiger charge is -2.32. The molecular weight excluding hydrogens is 358 g/mol. The first-order valence-electron chi connectivity index (χ1n) is 9.28. The van der Waals surface area contributed by atoms with E-state index in [1.807, 2.05) is 13.0 Å². The first-order valence-corrected chi connectivity index (χ1v) is 9.28. The number of ether oxygens (including phenoxy) is 1. The number of hydrogen-bond acceptors (Lipinski definition) is 6. The van der Waals surface area contributed by atoms with Crippen molar-refractivity contribution in [1.29, 1.82) is 0 Å². The van der Waals surface area contributed by atoms with Crippen LogP contribution in [-0.2, 0) is 11.3 Å². The normalized spacial score (nSPS) is 15.0. The van der Waals surface area contributed by atoms with Gasteiger partial charge in [-0.25, -0.2) is 9.97 Å². The van der Waals surface area contributed by atoms with Crippen molar-refractivity contribution in [3.05, 3.63) is 59.0 Å². The van der Waals surface area contributed by atoms with Gasteiger partial charge in [0.15, 0.2) is 0 Å². The number of benzene rings is 1. The highest BCUT2D eigenvalue weighted by molar-refractivity contribution is 5.79. The summed E-state index contributed by atoms with van der Waals surface area (Å²) in [7, 11) is 0. The summed E-state index contributed by atoms with van der Waals surface area (Å²) in [6.45, 7) is 2.98. The summed E-state index contributed by atoms with van der Waals surface area (Å²) in [5, 5.41) is 0.519. The lowest BCUT2D eigenvalue weighted by Crippen LogP contribution is -2.44. The van der Waals surface area contributed by atoms with Crippen molar-refractivity contribution in [1.82, 2.24) is 24.4 Å². The van der Waals surface area contributed by atoms with Gasteiger partial charge in [0.2, 0.25) is 11.8 Å². The molecule has 4 rings (SSSR count). The number of hydrogen-bond donors (Lipinski definition) is 0. The topological polar surface area (TPSA) is 90.2 Å². The highest BCUT2D eigenvalue weighted by Gasteiger charge is 2.24. The Bertz CT molecular complexity index is 1060. The lowest BCUT2D eigenvalue weighted by atomic mass is 10.1. The van der Waals surface area contributed by atoms with Gasteiger partial charge in [-0.3, -0.25) is 14.2 Å². The average molecular weight is 379 g/mol. The zero-order valence-corrected chi connectivity index (χ0v) is 15.6. The number of aromatic nitrogens is 4. The first kappa shape index (κ1) is 18.1. The molecule has 8 heteroatoms. The first-order chi connectivity index (χ1) is 13.6. The minimum atomic E-state index is -0.198. The van der Waals surface area contributed by atoms with Crippen LogP contribution < -0.4 is 10.3 Å². The quantitative estimate of drug-likeness (QED) is 0.683. The molecule has 3 aromatic rings. The highest BCUT2D eigenvalue weighted by Crippen LogP contribution is 2.17. The van der Waals surface area contributed by atoms with E-state index in [1.54, 1.807) is 35.4 Å². The molecule has 8 nitrogen and oxygen atoms in total. The van der Waals surface area contributed by atoms with Gasteiger partial charge in [-0.05, 0) is 19.1 Å². The minimum Gasteiger partial charge on any atom is -0.474 e. The second-order valence-corrected chi connectivity index (χ2v) is 6.83. The summed E-state index contributed by atoms with van der Waals surface area (Å²) in [5.74, 6) is 1.14. The molecule has 2 aromatic heterocycles. The molecule has 1 amide bonds. The SMILES string of the molecule is Cc1nccc(OC2CCN(C(=O)Cn3cnc4ccccc4c3=O)CC2)n1. The number of likely N-dealkylation sites (tertiary alicyclic amines) is 1. The fraction of sp³-hybridized carbons (Fsp3) is 0.350. The third-order valence-electron chi connectivity index (χ3n) is 4.87. The van der Waals surface area contributed by atoms with E-state index in [1.165, 1.54) is 10.9 Å². The third-order valence-corrected chi connectivity index (χ3v) is 4.87. The predicted octanol–water partition coefficient (Wildman–Crippen LogP) is 1.56. The van der Waals surface area contributed by atoms with E-state index >= 15 is 0 Å². The van der Waals surface area contributed by atoms with Crippen LogP contribution in [0.5, 0.6) is 5.88 Å². The second-order valence-electron chi connectivity index (χ2n) is 6.83. The molecular formula is C20H21N5O3. The number of carbonyl (C=O) groups is 1. The number of rotatable bonds is 4. The smallest absolute Gasteiger partial charge is 0.261 e. The van der Waals surface area contributed by atoms with Crippen molar-refractivity contribution < 1.29 is 9.53 Å². The number of fused-ring (bicyclic) bond motifs is 1. The Hall–Kier alpha value is -3.29. The Labute approximate surface area is 161 Å². The molecule has 0 aliphatic carbocycles. The van der Waals surface area contributed by atoms with E-state index in [9.17, 15) is 9.59 Å². The van der Waals surface area contributed by atoms with Crippen molar-refractivity contribution in [3.8, 4) is 5.88 Å². The fourth-order valence-corrected chi connectivity index (χ4v) is 3.36. The van der Waals surface area contributed by atoms with E-state index in [2.05, 4.69) is 15.0 Å². The van der Waals surface area contributed by atoms with Crippen LogP contribution in [0.15, 0.2) is 47.7 Å². The van der Waals surface area contributed by atoms with Gasteiger partial charge in [0.25, 0.3) is 5.56 Å². The second kappa shape index (κ2) is 7.75. The Morgan fingerprint density at radius 2 is 1.96 bits per heavy atom. The summed E-state index contributed by atoms with van der Waals surface area (Å²) in [5.41, 5.74) is 0.436. The van der Waals surface area contributed by atoms with Crippen molar-refractivity contribution in [2.75, 3.05) is 13.1 Å². The maximum atomic E-state index is 12.6. The van der Waals surface area contributed by atoms with E-state index in [0.29, 0.717) is 35.7 Å². The molecule has 144 valence electrons. The number of carbonyl (C=O) groups excluding carboxylic acids is 1. The molecule has 28 heavy (non-hydrogen) atoms. The van der Waals surface area contributed by atoms with Crippen molar-refractivity contribution >= 4 is 16.8 Å². The van der Waals surface area contributed by atoms with Gasteiger partial charge in [-0.15, -0.1) is 0 Å². The third kappa shape index (κ3) is 3.85. The molecule has 1 saturated heterocycles. The maximum absolute atomic E-state index is 12.6. The average Bonchev–Trinajstić information content (AvgIpc) is 2.71. The van der Waals surface area contributed by atoms with Crippen molar-refractivity contribution in [2.45, 2.75) is 32.4 Å². The number of nitrogens with zero attached hydrogens (tertiary/aromatic N) is 5. The summed E-state index contributed by atoms with van der Waals surface area (Å²) < 4.78 is 7.27. The molecule has 0 atom stereocenters. The summed E-state index contributed by atoms with van der Waals surface area (Å²) in [4.78, 5) is 39.5. The molecule has 0 radical (unpaired) electrons. The van der Waals surface area contributed by atoms with Gasteiger partial charge < -0.3 is 9.64 Å². The minimum absolute atomic E-state index is 0.00665. The maximum Gasteiger partial charge on any atom is 0.261 e. The molecule has 0 spiro atoms. The zero-order valence-electron chi connectivity index (χ0n) is 15.6. The van der Waals surface area contributed by atoms with E-state index in [4.69, 9.17) is 4.74 Å². The van der Waals surface area contributed by atoms with Crippen LogP contribution in [0.3, 0.4) is 0 Å². The van der Waals surface area contributed by atoms with Gasteiger partial charge in [0, 0.05) is 38.2 Å². The Kier molecular flexibility index (Phi) is 5.01. The zero-order chi connectivity index (χ0) is 19.5. The largest absolute Gasteiger partial charge is 0.474 e. The summed E-state index contributed by atoms with van der Waals surface area (Å²) in [6, 6.07) is 8.88. The lowest BCUT2D eigenvalue weighted by molar-refractivity contribution is -0.133. The predicted molar refractivity (Wildman–Crippen MR) is 103 cm³/mol. The molecule has 0 N–H and O–H groups in total. The van der Waals surface area contributed by atoms with Gasteiger partial charge in [0.1, 0.15) is 18.5 Å². The fourth-order valence-electron chi connectivity index (χ4n) is 3.36. The van der Waals surface area contributed by atoms with Crippen LogP contribution in [0.2, 0.25) is 0 Å². The van der Waals surface area contributed by atoms with E-state index in [-0.39, 0.29) is 24.1 Å². The Morgan fingerprint density at radius 3 is 2.75 bits per heavy atom. The van der Waals surface area contributed by atoms with E-state index in [0.717, 1.165) is 12.8 Å². The number of para-hydroxylation sites is 1. The van der Waals surface area contributed by atoms with Crippen molar-refractivity contribution in [3.63, 3.8) is 0 Å². The Morgan fingerprint density at radius 1 is 1.18 bits per heavy atom. The molecule has 0 bridgehead atoms. The van der Waals surface area contributed by atoms with Crippen LogP contribution in [0.4, 0.5) is 0 Å².